The zero-order valence-electron chi connectivity index (χ0n) is 10.5. The van der Waals surface area contributed by atoms with Gasteiger partial charge in [-0.25, -0.2) is 4.39 Å². The van der Waals surface area contributed by atoms with Gasteiger partial charge in [0.05, 0.1) is 0 Å². The highest BCUT2D eigenvalue weighted by Gasteiger charge is 2.08. The number of hydrogen-bond donors (Lipinski definition) is 1. The predicted octanol–water partition coefficient (Wildman–Crippen LogP) is 4.55. The first-order valence-electron chi connectivity index (χ1n) is 5.71. The second-order valence-electron chi connectivity index (χ2n) is 4.20. The first-order valence-corrected chi connectivity index (χ1v) is 8.31. The molecule has 2 rings (SSSR count). The summed E-state index contributed by atoms with van der Waals surface area (Å²) in [4.78, 5) is 0. The second kappa shape index (κ2) is 6.67. The van der Waals surface area contributed by atoms with Gasteiger partial charge in [-0.3, -0.25) is 0 Å². The van der Waals surface area contributed by atoms with E-state index in [4.69, 9.17) is 0 Å². The lowest BCUT2D eigenvalue weighted by Crippen LogP contribution is -2.08. The molecule has 0 atom stereocenters. The molecule has 7 heteroatoms. The van der Waals surface area contributed by atoms with Gasteiger partial charge >= 0.3 is 0 Å². The third-order valence-electron chi connectivity index (χ3n) is 2.18. The van der Waals surface area contributed by atoms with Crippen molar-refractivity contribution in [3.8, 4) is 0 Å². The standard InChI is InChI=1S/C12H13BrFN3S2/c1-7(2)15-11-16-17-12(19-11)18-6-8-3-4-9(13)5-10(8)14/h3-5,7H,6H2,1-2H3,(H,15,16). The van der Waals surface area contributed by atoms with Crippen LogP contribution in [0, 0.1) is 5.82 Å². The molecule has 0 aliphatic carbocycles. The van der Waals surface area contributed by atoms with Crippen LogP contribution in [-0.4, -0.2) is 16.2 Å². The van der Waals surface area contributed by atoms with E-state index in [1.807, 2.05) is 19.9 Å². The van der Waals surface area contributed by atoms with E-state index < -0.39 is 0 Å². The summed E-state index contributed by atoms with van der Waals surface area (Å²) in [6.45, 7) is 4.09. The summed E-state index contributed by atoms with van der Waals surface area (Å²) in [6.07, 6.45) is 0. The van der Waals surface area contributed by atoms with Crippen molar-refractivity contribution < 1.29 is 4.39 Å². The monoisotopic (exact) mass is 361 g/mol. The molecule has 1 N–H and O–H groups in total. The maximum atomic E-state index is 13.6. The van der Waals surface area contributed by atoms with Gasteiger partial charge in [-0.2, -0.15) is 0 Å². The summed E-state index contributed by atoms with van der Waals surface area (Å²) in [7, 11) is 0. The van der Waals surface area contributed by atoms with Crippen LogP contribution in [0.2, 0.25) is 0 Å². The van der Waals surface area contributed by atoms with Crippen LogP contribution in [0.3, 0.4) is 0 Å². The summed E-state index contributed by atoms with van der Waals surface area (Å²) < 4.78 is 15.2. The zero-order chi connectivity index (χ0) is 13.8. The number of halogens is 2. The average molecular weight is 362 g/mol. The molecule has 1 heterocycles. The Morgan fingerprint density at radius 2 is 2.21 bits per heavy atom. The molecule has 3 nitrogen and oxygen atoms in total. The third kappa shape index (κ3) is 4.43. The number of hydrogen-bond acceptors (Lipinski definition) is 5. The third-order valence-corrected chi connectivity index (χ3v) is 4.71. The lowest BCUT2D eigenvalue weighted by atomic mass is 10.2. The van der Waals surface area contributed by atoms with Crippen LogP contribution in [0.15, 0.2) is 27.0 Å². The average Bonchev–Trinajstić information content (AvgIpc) is 2.74. The van der Waals surface area contributed by atoms with Crippen molar-refractivity contribution in [1.29, 1.82) is 0 Å². The van der Waals surface area contributed by atoms with Gasteiger partial charge in [0.2, 0.25) is 5.13 Å². The van der Waals surface area contributed by atoms with Crippen LogP contribution in [-0.2, 0) is 5.75 Å². The van der Waals surface area contributed by atoms with Gasteiger partial charge in [-0.1, -0.05) is 45.1 Å². The van der Waals surface area contributed by atoms with E-state index in [0.29, 0.717) is 17.4 Å². The van der Waals surface area contributed by atoms with Crippen LogP contribution < -0.4 is 5.32 Å². The summed E-state index contributed by atoms with van der Waals surface area (Å²) >= 11 is 6.22. The topological polar surface area (TPSA) is 37.8 Å². The summed E-state index contributed by atoms with van der Waals surface area (Å²) in [6, 6.07) is 5.42. The molecule has 0 saturated heterocycles. The predicted molar refractivity (Wildman–Crippen MR) is 82.3 cm³/mol. The quantitative estimate of drug-likeness (QED) is 0.792. The summed E-state index contributed by atoms with van der Waals surface area (Å²) in [5.74, 6) is 0.349. The van der Waals surface area contributed by atoms with Crippen molar-refractivity contribution in [2.45, 2.75) is 30.0 Å². The lowest BCUT2D eigenvalue weighted by molar-refractivity contribution is 0.616. The van der Waals surface area contributed by atoms with E-state index in [9.17, 15) is 4.39 Å². The highest BCUT2D eigenvalue weighted by atomic mass is 79.9. The Hall–Kier alpha value is -0.660. The summed E-state index contributed by atoms with van der Waals surface area (Å²) in [5, 5.41) is 12.1. The minimum atomic E-state index is -0.202. The molecule has 0 amide bonds. The van der Waals surface area contributed by atoms with Crippen molar-refractivity contribution in [2.75, 3.05) is 5.32 Å². The number of nitrogens with zero attached hydrogens (tertiary/aromatic N) is 2. The van der Waals surface area contributed by atoms with Gasteiger partial charge < -0.3 is 5.32 Å². The number of thioether (sulfide) groups is 1. The van der Waals surface area contributed by atoms with Crippen LogP contribution in [0.1, 0.15) is 19.4 Å². The fourth-order valence-corrected chi connectivity index (χ4v) is 3.57. The highest BCUT2D eigenvalue weighted by Crippen LogP contribution is 2.29. The summed E-state index contributed by atoms with van der Waals surface area (Å²) in [5.41, 5.74) is 0.668. The van der Waals surface area contributed by atoms with Gasteiger partial charge in [-0.15, -0.1) is 10.2 Å². The van der Waals surface area contributed by atoms with Gasteiger partial charge in [0, 0.05) is 16.3 Å². The zero-order valence-corrected chi connectivity index (χ0v) is 13.7. The Labute approximate surface area is 128 Å². The maximum absolute atomic E-state index is 13.6. The molecule has 0 spiro atoms. The SMILES string of the molecule is CC(C)Nc1nnc(SCc2ccc(Br)cc2F)s1. The fourth-order valence-electron chi connectivity index (χ4n) is 1.35. The van der Waals surface area contributed by atoms with E-state index in [2.05, 4.69) is 31.4 Å². The number of benzene rings is 1. The van der Waals surface area contributed by atoms with E-state index in [-0.39, 0.29) is 5.82 Å². The molecule has 1 aromatic carbocycles. The van der Waals surface area contributed by atoms with E-state index in [0.717, 1.165) is 13.9 Å². The van der Waals surface area contributed by atoms with Gasteiger partial charge in [-0.05, 0) is 31.5 Å². The van der Waals surface area contributed by atoms with E-state index in [1.165, 1.54) is 29.2 Å². The molecule has 102 valence electrons. The molecule has 0 radical (unpaired) electrons. The van der Waals surface area contributed by atoms with E-state index >= 15 is 0 Å². The number of anilines is 1. The molecule has 1 aromatic heterocycles. The smallest absolute Gasteiger partial charge is 0.206 e. The van der Waals surface area contributed by atoms with E-state index in [1.54, 1.807) is 6.07 Å². The second-order valence-corrected chi connectivity index (χ2v) is 7.31. The number of rotatable bonds is 5. The minimum absolute atomic E-state index is 0.202. The lowest BCUT2D eigenvalue weighted by Gasteiger charge is -2.03. The Kier molecular flexibility index (Phi) is 5.18. The molecule has 0 aliphatic rings. The Morgan fingerprint density at radius 1 is 1.42 bits per heavy atom. The van der Waals surface area contributed by atoms with Crippen molar-refractivity contribution >= 4 is 44.2 Å². The Morgan fingerprint density at radius 3 is 2.89 bits per heavy atom. The molecule has 0 aliphatic heterocycles. The van der Waals surface area contributed by atoms with Crippen LogP contribution in [0.5, 0.6) is 0 Å². The van der Waals surface area contributed by atoms with Crippen LogP contribution in [0.4, 0.5) is 9.52 Å². The highest BCUT2D eigenvalue weighted by molar-refractivity contribution is 9.10. The normalized spacial score (nSPS) is 11.0. The Bertz CT molecular complexity index is 560. The van der Waals surface area contributed by atoms with Crippen molar-refractivity contribution in [1.82, 2.24) is 10.2 Å². The van der Waals surface area contributed by atoms with Gasteiger partial charge in [0.15, 0.2) is 4.34 Å². The van der Waals surface area contributed by atoms with Crippen molar-refractivity contribution in [3.63, 3.8) is 0 Å². The maximum Gasteiger partial charge on any atom is 0.206 e. The van der Waals surface area contributed by atoms with Gasteiger partial charge in [0.1, 0.15) is 5.82 Å². The largest absolute Gasteiger partial charge is 0.358 e. The minimum Gasteiger partial charge on any atom is -0.358 e. The first-order chi connectivity index (χ1) is 9.04. The van der Waals surface area contributed by atoms with Gasteiger partial charge in [0.25, 0.3) is 0 Å². The number of aromatic nitrogens is 2. The molecule has 19 heavy (non-hydrogen) atoms. The molecule has 0 fully saturated rings. The fraction of sp³-hybridized carbons (Fsp3) is 0.333. The van der Waals surface area contributed by atoms with Crippen molar-refractivity contribution in [2.24, 2.45) is 0 Å². The first kappa shape index (κ1) is 14.7. The Balaban J connectivity index is 1.96. The van der Waals surface area contributed by atoms with Crippen LogP contribution in [0.25, 0.3) is 0 Å². The molecule has 2 aromatic rings. The molecule has 0 unspecified atom stereocenters. The molecule has 0 bridgehead atoms. The molecular weight excluding hydrogens is 349 g/mol. The molecular formula is C12H13BrFN3S2. The number of nitrogens with one attached hydrogen (secondary N) is 1. The van der Waals surface area contributed by atoms with Crippen molar-refractivity contribution in [3.05, 3.63) is 34.1 Å². The van der Waals surface area contributed by atoms with Crippen LogP contribution >= 0.6 is 39.0 Å². The molecule has 0 saturated carbocycles.